The van der Waals surface area contributed by atoms with Crippen molar-refractivity contribution in [3.63, 3.8) is 0 Å². The van der Waals surface area contributed by atoms with Crippen molar-refractivity contribution >= 4 is 11.9 Å². The molecule has 1 atom stereocenters. The molecule has 0 radical (unpaired) electrons. The summed E-state index contributed by atoms with van der Waals surface area (Å²) in [5.41, 5.74) is 5.79. The van der Waals surface area contributed by atoms with E-state index >= 15 is 0 Å². The summed E-state index contributed by atoms with van der Waals surface area (Å²) in [5.74, 6) is 0.726. The van der Waals surface area contributed by atoms with E-state index < -0.39 is 12.0 Å². The smallest absolute Gasteiger partial charge is 0.307 e. The van der Waals surface area contributed by atoms with Crippen LogP contribution < -0.4 is 5.73 Å². The number of nitrogens with zero attached hydrogens (tertiary/aromatic N) is 1. The Morgan fingerprint density at radius 1 is 1.22 bits per heavy atom. The van der Waals surface area contributed by atoms with E-state index in [0.717, 1.165) is 13.1 Å². The van der Waals surface area contributed by atoms with Crippen LogP contribution >= 0.6 is 0 Å². The number of fused-ring (bicyclic) bond motifs is 4. The van der Waals surface area contributed by atoms with Gasteiger partial charge in [-0.2, -0.15) is 0 Å². The zero-order valence-electron chi connectivity index (χ0n) is 10.9. The van der Waals surface area contributed by atoms with Gasteiger partial charge in [-0.05, 0) is 37.5 Å². The Bertz CT molecular complexity index is 310. The van der Waals surface area contributed by atoms with Gasteiger partial charge in [-0.25, -0.2) is 0 Å². The number of nitrogens with two attached hydrogens (primary N) is 1. The van der Waals surface area contributed by atoms with Gasteiger partial charge >= 0.3 is 5.97 Å². The van der Waals surface area contributed by atoms with Crippen molar-refractivity contribution in [2.24, 2.45) is 17.6 Å². The van der Waals surface area contributed by atoms with Crippen LogP contribution in [-0.4, -0.2) is 43.0 Å². The summed E-state index contributed by atoms with van der Waals surface area (Å²) >= 11 is 0. The predicted molar refractivity (Wildman–Crippen MR) is 66.6 cm³/mol. The van der Waals surface area contributed by atoms with E-state index in [9.17, 15) is 9.59 Å². The zero-order chi connectivity index (χ0) is 13.1. The molecule has 102 valence electrons. The maximum atomic E-state index is 12.2. The first kappa shape index (κ1) is 13.3. The molecule has 2 bridgehead atoms. The molecule has 1 aliphatic carbocycles. The number of esters is 1. The first-order valence-electron chi connectivity index (χ1n) is 6.71. The summed E-state index contributed by atoms with van der Waals surface area (Å²) in [4.78, 5) is 25.2. The van der Waals surface area contributed by atoms with Gasteiger partial charge in [0.05, 0.1) is 19.6 Å². The Labute approximate surface area is 108 Å². The molecule has 5 heteroatoms. The SMILES string of the molecule is COC(=O)C[C@H](N)C(=O)N1CC2CCC(CC2)C1. The molecule has 18 heavy (non-hydrogen) atoms. The lowest BCUT2D eigenvalue weighted by Gasteiger charge is -2.25. The van der Waals surface area contributed by atoms with Crippen LogP contribution in [0.5, 0.6) is 0 Å². The average molecular weight is 254 g/mol. The van der Waals surface area contributed by atoms with E-state index in [1.165, 1.54) is 32.8 Å². The van der Waals surface area contributed by atoms with Gasteiger partial charge in [0.1, 0.15) is 0 Å². The minimum Gasteiger partial charge on any atom is -0.469 e. The highest BCUT2D eigenvalue weighted by Gasteiger charge is 2.33. The molecule has 3 fully saturated rings. The largest absolute Gasteiger partial charge is 0.469 e. The van der Waals surface area contributed by atoms with Crippen molar-refractivity contribution in [2.75, 3.05) is 20.2 Å². The van der Waals surface area contributed by atoms with Crippen molar-refractivity contribution < 1.29 is 14.3 Å². The monoisotopic (exact) mass is 254 g/mol. The summed E-state index contributed by atoms with van der Waals surface area (Å²) in [7, 11) is 1.31. The lowest BCUT2D eigenvalue weighted by molar-refractivity contribution is -0.144. The molecule has 2 saturated heterocycles. The average Bonchev–Trinajstić information content (AvgIpc) is 2.70. The molecular weight excluding hydrogens is 232 g/mol. The molecule has 3 rings (SSSR count). The number of hydrogen-bond acceptors (Lipinski definition) is 4. The molecule has 0 unspecified atom stereocenters. The Kier molecular flexibility index (Phi) is 4.22. The van der Waals surface area contributed by atoms with E-state index in [1.54, 1.807) is 0 Å². The second kappa shape index (κ2) is 5.69. The highest BCUT2D eigenvalue weighted by molar-refractivity contribution is 5.86. The molecule has 1 amide bonds. The van der Waals surface area contributed by atoms with Crippen LogP contribution in [0.25, 0.3) is 0 Å². The molecule has 3 aliphatic rings. The van der Waals surface area contributed by atoms with Crippen LogP contribution in [0.4, 0.5) is 0 Å². The summed E-state index contributed by atoms with van der Waals surface area (Å²) in [6, 6.07) is -0.755. The first-order chi connectivity index (χ1) is 8.60. The van der Waals surface area contributed by atoms with Crippen molar-refractivity contribution in [3.8, 4) is 0 Å². The van der Waals surface area contributed by atoms with E-state index in [0.29, 0.717) is 11.8 Å². The Morgan fingerprint density at radius 2 is 1.72 bits per heavy atom. The van der Waals surface area contributed by atoms with E-state index in [2.05, 4.69) is 4.74 Å². The summed E-state index contributed by atoms with van der Waals surface area (Å²) in [6.07, 6.45) is 4.86. The lowest BCUT2D eigenvalue weighted by Crippen LogP contribution is -2.46. The Morgan fingerprint density at radius 3 is 2.17 bits per heavy atom. The van der Waals surface area contributed by atoms with Crippen LogP contribution in [0, 0.1) is 11.8 Å². The van der Waals surface area contributed by atoms with Gasteiger partial charge < -0.3 is 15.4 Å². The minimum atomic E-state index is -0.755. The topological polar surface area (TPSA) is 72.6 Å². The third-order valence-corrected chi connectivity index (χ3v) is 4.17. The van der Waals surface area contributed by atoms with Gasteiger partial charge in [-0.15, -0.1) is 0 Å². The Hall–Kier alpha value is -1.10. The fourth-order valence-electron chi connectivity index (χ4n) is 3.06. The highest BCUT2D eigenvalue weighted by atomic mass is 16.5. The molecule has 5 nitrogen and oxygen atoms in total. The van der Waals surface area contributed by atoms with Gasteiger partial charge in [0, 0.05) is 13.1 Å². The van der Waals surface area contributed by atoms with E-state index in [1.807, 2.05) is 4.90 Å². The molecule has 0 aromatic rings. The maximum Gasteiger partial charge on any atom is 0.307 e. The number of rotatable bonds is 3. The standard InChI is InChI=1S/C13H22N2O3/c1-18-12(16)6-11(14)13(17)15-7-9-2-3-10(8-15)5-4-9/h9-11H,2-8,14H2,1H3/t9?,10?,11-/m0/s1. The molecule has 0 aromatic heterocycles. The normalized spacial score (nSPS) is 28.7. The second-order valence-corrected chi connectivity index (χ2v) is 5.52. The minimum absolute atomic E-state index is 0.0266. The number of methoxy groups -OCH3 is 1. The quantitative estimate of drug-likeness (QED) is 0.745. The van der Waals surface area contributed by atoms with Gasteiger partial charge in [0.25, 0.3) is 0 Å². The van der Waals surface area contributed by atoms with Gasteiger partial charge in [-0.1, -0.05) is 0 Å². The van der Waals surface area contributed by atoms with Crippen molar-refractivity contribution in [1.82, 2.24) is 4.90 Å². The molecule has 0 spiro atoms. The van der Waals surface area contributed by atoms with Crippen LogP contribution in [0.2, 0.25) is 0 Å². The third kappa shape index (κ3) is 3.02. The third-order valence-electron chi connectivity index (χ3n) is 4.17. The molecule has 2 aliphatic heterocycles. The Balaban J connectivity index is 1.94. The van der Waals surface area contributed by atoms with E-state index in [-0.39, 0.29) is 12.3 Å². The summed E-state index contributed by atoms with van der Waals surface area (Å²) in [5, 5.41) is 0. The van der Waals surface area contributed by atoms with Gasteiger partial charge in [0.2, 0.25) is 5.91 Å². The molecule has 0 aromatic carbocycles. The van der Waals surface area contributed by atoms with Crippen LogP contribution in [-0.2, 0) is 14.3 Å². The summed E-state index contributed by atoms with van der Waals surface area (Å²) < 4.78 is 4.55. The number of carbonyl (C=O) groups is 2. The number of carbonyl (C=O) groups excluding carboxylic acids is 2. The maximum absolute atomic E-state index is 12.2. The van der Waals surface area contributed by atoms with Crippen LogP contribution in [0.3, 0.4) is 0 Å². The van der Waals surface area contributed by atoms with Crippen molar-refractivity contribution in [1.29, 1.82) is 0 Å². The van der Waals surface area contributed by atoms with Gasteiger partial charge in [0.15, 0.2) is 0 Å². The summed E-state index contributed by atoms with van der Waals surface area (Å²) in [6.45, 7) is 1.62. The first-order valence-corrected chi connectivity index (χ1v) is 6.71. The van der Waals surface area contributed by atoms with Crippen molar-refractivity contribution in [2.45, 2.75) is 38.1 Å². The fraction of sp³-hybridized carbons (Fsp3) is 0.846. The predicted octanol–water partition coefficient (Wildman–Crippen LogP) is 0.525. The molecule has 1 saturated carbocycles. The fourth-order valence-corrected chi connectivity index (χ4v) is 3.06. The second-order valence-electron chi connectivity index (χ2n) is 5.52. The molecule has 2 N–H and O–H groups in total. The van der Waals surface area contributed by atoms with E-state index in [4.69, 9.17) is 5.73 Å². The molecular formula is C13H22N2O3. The van der Waals surface area contributed by atoms with Crippen LogP contribution in [0.1, 0.15) is 32.1 Å². The number of hydrogen-bond donors (Lipinski definition) is 1. The number of amides is 1. The van der Waals surface area contributed by atoms with Crippen molar-refractivity contribution in [3.05, 3.63) is 0 Å². The lowest BCUT2D eigenvalue weighted by atomic mass is 9.84. The highest BCUT2D eigenvalue weighted by Crippen LogP contribution is 2.33. The zero-order valence-corrected chi connectivity index (χ0v) is 10.9. The number of ether oxygens (including phenoxy) is 1. The van der Waals surface area contributed by atoms with Crippen LogP contribution in [0.15, 0.2) is 0 Å². The molecule has 2 heterocycles. The van der Waals surface area contributed by atoms with Gasteiger partial charge in [-0.3, -0.25) is 9.59 Å².